The van der Waals surface area contributed by atoms with Crippen molar-refractivity contribution in [3.05, 3.63) is 47.0 Å². The minimum Gasteiger partial charge on any atom is -0.450 e. The molecule has 2 heterocycles. The van der Waals surface area contributed by atoms with Crippen molar-refractivity contribution in [2.24, 2.45) is 14.1 Å². The lowest BCUT2D eigenvalue weighted by Gasteiger charge is -2.13. The van der Waals surface area contributed by atoms with E-state index in [9.17, 15) is 4.79 Å². The molecule has 7 heteroatoms. The van der Waals surface area contributed by atoms with Crippen LogP contribution in [0.5, 0.6) is 0 Å². The van der Waals surface area contributed by atoms with Crippen LogP contribution in [0.4, 0.5) is 0 Å². The van der Waals surface area contributed by atoms with E-state index in [1.807, 2.05) is 23.7 Å². The molecule has 3 aromatic rings. The van der Waals surface area contributed by atoms with E-state index in [4.69, 9.17) is 16.3 Å². The number of aryl methyl sites for hydroxylation is 2. The summed E-state index contributed by atoms with van der Waals surface area (Å²) in [4.78, 5) is 16.7. The van der Waals surface area contributed by atoms with Crippen LogP contribution < -0.4 is 0 Å². The largest absolute Gasteiger partial charge is 0.450 e. The Morgan fingerprint density at radius 1 is 1.32 bits per heavy atom. The van der Waals surface area contributed by atoms with Gasteiger partial charge in [-0.25, -0.2) is 9.78 Å². The van der Waals surface area contributed by atoms with Crippen LogP contribution in [-0.4, -0.2) is 25.3 Å². The Morgan fingerprint density at radius 3 is 2.77 bits per heavy atom. The standard InChI is InChI=1S/C15H15ClN4O2/c1-9(22-15(21)13-6-7-17-20(13)3)14-18-11-8-10(16)4-5-12(11)19(14)2/h4-9H,1-3H3. The van der Waals surface area contributed by atoms with E-state index >= 15 is 0 Å². The van der Waals surface area contributed by atoms with E-state index in [1.54, 1.807) is 32.3 Å². The fourth-order valence-corrected chi connectivity index (χ4v) is 2.57. The second-order valence-corrected chi connectivity index (χ2v) is 5.49. The van der Waals surface area contributed by atoms with Crippen LogP contribution in [-0.2, 0) is 18.8 Å². The van der Waals surface area contributed by atoms with Crippen LogP contribution in [0.15, 0.2) is 30.5 Å². The quantitative estimate of drug-likeness (QED) is 0.697. The molecule has 22 heavy (non-hydrogen) atoms. The summed E-state index contributed by atoms with van der Waals surface area (Å²) in [6.45, 7) is 1.79. The highest BCUT2D eigenvalue weighted by atomic mass is 35.5. The number of imidazole rings is 1. The van der Waals surface area contributed by atoms with E-state index < -0.39 is 12.1 Å². The van der Waals surface area contributed by atoms with Gasteiger partial charge in [-0.3, -0.25) is 4.68 Å². The normalized spacial score (nSPS) is 12.5. The van der Waals surface area contributed by atoms with Crippen molar-refractivity contribution in [1.29, 1.82) is 0 Å². The lowest BCUT2D eigenvalue weighted by atomic mass is 10.3. The maximum Gasteiger partial charge on any atom is 0.357 e. The maximum atomic E-state index is 12.1. The topological polar surface area (TPSA) is 61.9 Å². The molecule has 0 bridgehead atoms. The molecule has 0 amide bonds. The van der Waals surface area contributed by atoms with Crippen molar-refractivity contribution in [2.45, 2.75) is 13.0 Å². The van der Waals surface area contributed by atoms with Gasteiger partial charge in [-0.15, -0.1) is 0 Å². The first-order chi connectivity index (χ1) is 10.5. The Kier molecular flexibility index (Phi) is 3.62. The molecular formula is C15H15ClN4O2. The highest BCUT2D eigenvalue weighted by Gasteiger charge is 2.21. The van der Waals surface area contributed by atoms with Gasteiger partial charge in [0.05, 0.1) is 11.0 Å². The van der Waals surface area contributed by atoms with Crippen molar-refractivity contribution in [2.75, 3.05) is 0 Å². The number of rotatable bonds is 3. The molecule has 0 N–H and O–H groups in total. The number of esters is 1. The van der Waals surface area contributed by atoms with Crippen molar-refractivity contribution in [3.8, 4) is 0 Å². The summed E-state index contributed by atoms with van der Waals surface area (Å²) in [7, 11) is 3.57. The molecule has 2 aromatic heterocycles. The first-order valence-electron chi connectivity index (χ1n) is 6.78. The van der Waals surface area contributed by atoms with Crippen LogP contribution in [0.2, 0.25) is 5.02 Å². The average molecular weight is 319 g/mol. The SMILES string of the molecule is CC(OC(=O)c1ccnn1C)c1nc2cc(Cl)ccc2n1C. The third kappa shape index (κ3) is 2.46. The molecule has 6 nitrogen and oxygen atoms in total. The number of carbonyl (C=O) groups is 1. The second-order valence-electron chi connectivity index (χ2n) is 5.05. The number of hydrogen-bond donors (Lipinski definition) is 0. The number of nitrogens with zero attached hydrogens (tertiary/aromatic N) is 4. The lowest BCUT2D eigenvalue weighted by molar-refractivity contribution is 0.0302. The Balaban J connectivity index is 1.89. The zero-order valence-corrected chi connectivity index (χ0v) is 13.2. The number of ether oxygens (including phenoxy) is 1. The van der Waals surface area contributed by atoms with Gasteiger partial charge in [0.2, 0.25) is 0 Å². The summed E-state index contributed by atoms with van der Waals surface area (Å²) in [6, 6.07) is 7.10. The van der Waals surface area contributed by atoms with E-state index in [1.165, 1.54) is 4.68 Å². The highest BCUT2D eigenvalue weighted by Crippen LogP contribution is 2.24. The summed E-state index contributed by atoms with van der Waals surface area (Å²) in [5, 5.41) is 4.58. The second kappa shape index (κ2) is 5.46. The van der Waals surface area contributed by atoms with E-state index in [0.717, 1.165) is 11.0 Å². The van der Waals surface area contributed by atoms with E-state index in [0.29, 0.717) is 16.5 Å². The van der Waals surface area contributed by atoms with Gasteiger partial charge >= 0.3 is 5.97 Å². The van der Waals surface area contributed by atoms with Crippen molar-refractivity contribution < 1.29 is 9.53 Å². The molecule has 0 fully saturated rings. The molecule has 1 aromatic carbocycles. The van der Waals surface area contributed by atoms with Crippen LogP contribution >= 0.6 is 11.6 Å². The smallest absolute Gasteiger partial charge is 0.357 e. The summed E-state index contributed by atoms with van der Waals surface area (Å²) in [5.41, 5.74) is 2.10. The zero-order chi connectivity index (χ0) is 15.9. The Bertz CT molecular complexity index is 852. The predicted octanol–water partition coefficient (Wildman–Crippen LogP) is 2.88. The molecule has 0 radical (unpaired) electrons. The monoisotopic (exact) mass is 318 g/mol. The average Bonchev–Trinajstić information content (AvgIpc) is 3.02. The molecule has 114 valence electrons. The van der Waals surface area contributed by atoms with Crippen molar-refractivity contribution >= 4 is 28.6 Å². The van der Waals surface area contributed by atoms with Gasteiger partial charge < -0.3 is 9.30 Å². The Hall–Kier alpha value is -2.34. The minimum atomic E-state index is -0.487. The van der Waals surface area contributed by atoms with E-state index in [-0.39, 0.29) is 0 Å². The number of benzene rings is 1. The number of hydrogen-bond acceptors (Lipinski definition) is 4. The molecule has 0 aliphatic heterocycles. The van der Waals surface area contributed by atoms with Crippen molar-refractivity contribution in [1.82, 2.24) is 19.3 Å². The van der Waals surface area contributed by atoms with Crippen LogP contribution in [0, 0.1) is 0 Å². The molecular weight excluding hydrogens is 304 g/mol. The minimum absolute atomic E-state index is 0.397. The molecule has 1 unspecified atom stereocenters. The Morgan fingerprint density at radius 2 is 2.09 bits per heavy atom. The summed E-state index contributed by atoms with van der Waals surface area (Å²) < 4.78 is 8.86. The maximum absolute atomic E-state index is 12.1. The fraction of sp³-hybridized carbons (Fsp3) is 0.267. The van der Waals surface area contributed by atoms with Crippen LogP contribution in [0.1, 0.15) is 29.3 Å². The summed E-state index contributed by atoms with van der Waals surface area (Å²) >= 11 is 5.98. The van der Waals surface area contributed by atoms with Crippen molar-refractivity contribution in [3.63, 3.8) is 0 Å². The van der Waals surface area contributed by atoms with Gasteiger partial charge in [0.15, 0.2) is 11.9 Å². The van der Waals surface area contributed by atoms with Gasteiger partial charge in [-0.1, -0.05) is 11.6 Å². The van der Waals surface area contributed by atoms with Gasteiger partial charge in [-0.2, -0.15) is 5.10 Å². The molecule has 1 atom stereocenters. The number of carbonyl (C=O) groups excluding carboxylic acids is 1. The number of aromatic nitrogens is 4. The fourth-order valence-electron chi connectivity index (χ4n) is 2.40. The molecule has 0 saturated carbocycles. The predicted molar refractivity (Wildman–Crippen MR) is 82.8 cm³/mol. The first-order valence-corrected chi connectivity index (χ1v) is 7.16. The van der Waals surface area contributed by atoms with Gasteiger partial charge in [0.25, 0.3) is 0 Å². The third-order valence-corrected chi connectivity index (χ3v) is 3.79. The highest BCUT2D eigenvalue weighted by molar-refractivity contribution is 6.31. The third-order valence-electron chi connectivity index (χ3n) is 3.55. The lowest BCUT2D eigenvalue weighted by Crippen LogP contribution is -2.15. The number of fused-ring (bicyclic) bond motifs is 1. The summed E-state index contributed by atoms with van der Waals surface area (Å²) in [6.07, 6.45) is 1.07. The molecule has 0 aliphatic carbocycles. The van der Waals surface area contributed by atoms with Gasteiger partial charge in [0.1, 0.15) is 5.69 Å². The zero-order valence-electron chi connectivity index (χ0n) is 12.4. The molecule has 0 spiro atoms. The van der Waals surface area contributed by atoms with Crippen LogP contribution in [0.3, 0.4) is 0 Å². The molecule has 0 aliphatic rings. The van der Waals surface area contributed by atoms with E-state index in [2.05, 4.69) is 10.1 Å². The van der Waals surface area contributed by atoms with Gasteiger partial charge in [-0.05, 0) is 31.2 Å². The summed E-state index contributed by atoms with van der Waals surface area (Å²) in [5.74, 6) is 0.227. The molecule has 3 rings (SSSR count). The van der Waals surface area contributed by atoms with Crippen LogP contribution in [0.25, 0.3) is 11.0 Å². The van der Waals surface area contributed by atoms with Gasteiger partial charge in [0, 0.05) is 25.3 Å². The first kappa shape index (κ1) is 14.6. The number of halogens is 1. The molecule has 0 saturated heterocycles. The Labute approximate surface area is 132 Å².